The first-order chi connectivity index (χ1) is 10.1. The van der Waals surface area contributed by atoms with Crippen molar-refractivity contribution >= 4 is 0 Å². The molecule has 0 saturated heterocycles. The zero-order valence-electron chi connectivity index (χ0n) is 13.0. The lowest BCUT2D eigenvalue weighted by molar-refractivity contribution is -0.189. The Hall–Kier alpha value is -0.900. The van der Waals surface area contributed by atoms with Crippen LogP contribution >= 0.6 is 0 Å². The third-order valence-electron chi connectivity index (χ3n) is 5.92. The minimum absolute atomic E-state index is 0.0833. The Kier molecular flexibility index (Phi) is 4.08. The highest BCUT2D eigenvalue weighted by molar-refractivity contribution is 5.33. The molecule has 0 heterocycles. The van der Waals surface area contributed by atoms with Crippen LogP contribution in [-0.4, -0.2) is 30.5 Å². The fourth-order valence-electron chi connectivity index (χ4n) is 4.56. The summed E-state index contributed by atoms with van der Waals surface area (Å²) in [7, 11) is 1.72. The second kappa shape index (κ2) is 5.71. The first-order valence-electron chi connectivity index (χ1n) is 8.17. The number of aryl methyl sites for hydroxylation is 1. The van der Waals surface area contributed by atoms with Crippen LogP contribution in [0, 0.1) is 5.41 Å². The molecule has 1 aromatic carbocycles. The molecule has 1 fully saturated rings. The normalized spacial score (nSPS) is 36.2. The topological polar surface area (TPSA) is 55.5 Å². The minimum atomic E-state index is -0.789. The number of hydrogen-bond acceptors (Lipinski definition) is 3. The summed E-state index contributed by atoms with van der Waals surface area (Å²) in [4.78, 5) is 0. The average molecular weight is 289 g/mol. The molecule has 0 amide bonds. The number of methoxy groups -OCH3 is 1. The molecule has 3 heteroatoms. The average Bonchev–Trinajstić information content (AvgIpc) is 2.54. The molecule has 3 unspecified atom stereocenters. The highest BCUT2D eigenvalue weighted by Crippen LogP contribution is 2.50. The molecule has 21 heavy (non-hydrogen) atoms. The SMILES string of the molecule is COC1CCCCC1(O)C1(CN)CCc2ccccc2C1. The predicted octanol–water partition coefficient (Wildman–Crippen LogP) is 2.44. The van der Waals surface area contributed by atoms with E-state index in [9.17, 15) is 5.11 Å². The summed E-state index contributed by atoms with van der Waals surface area (Å²) in [6.07, 6.45) is 6.71. The third-order valence-corrected chi connectivity index (χ3v) is 5.92. The third kappa shape index (κ3) is 2.32. The molecule has 3 rings (SSSR count). The Morgan fingerprint density at radius 3 is 2.71 bits per heavy atom. The first kappa shape index (κ1) is 15.0. The smallest absolute Gasteiger partial charge is 0.0979 e. The van der Waals surface area contributed by atoms with Crippen molar-refractivity contribution in [1.82, 2.24) is 0 Å². The van der Waals surface area contributed by atoms with Gasteiger partial charge in [0, 0.05) is 19.1 Å². The summed E-state index contributed by atoms with van der Waals surface area (Å²) in [6, 6.07) is 8.58. The van der Waals surface area contributed by atoms with Crippen LogP contribution in [0.5, 0.6) is 0 Å². The van der Waals surface area contributed by atoms with Gasteiger partial charge in [-0.15, -0.1) is 0 Å². The Morgan fingerprint density at radius 2 is 2.00 bits per heavy atom. The largest absolute Gasteiger partial charge is 0.387 e. The summed E-state index contributed by atoms with van der Waals surface area (Å²) in [5, 5.41) is 11.5. The quantitative estimate of drug-likeness (QED) is 0.898. The number of rotatable bonds is 3. The van der Waals surface area contributed by atoms with Crippen LogP contribution in [0.1, 0.15) is 43.2 Å². The molecule has 3 N–H and O–H groups in total. The highest BCUT2D eigenvalue weighted by atomic mass is 16.5. The number of ether oxygens (including phenoxy) is 1. The molecule has 0 aliphatic heterocycles. The monoisotopic (exact) mass is 289 g/mol. The van der Waals surface area contributed by atoms with Crippen molar-refractivity contribution in [2.24, 2.45) is 11.1 Å². The minimum Gasteiger partial charge on any atom is -0.387 e. The van der Waals surface area contributed by atoms with Crippen molar-refractivity contribution in [3.8, 4) is 0 Å². The molecule has 0 spiro atoms. The van der Waals surface area contributed by atoms with Gasteiger partial charge in [0.15, 0.2) is 0 Å². The highest BCUT2D eigenvalue weighted by Gasteiger charge is 2.55. The molecule has 3 atom stereocenters. The van der Waals surface area contributed by atoms with Gasteiger partial charge >= 0.3 is 0 Å². The summed E-state index contributed by atoms with van der Waals surface area (Å²) < 4.78 is 5.67. The molecular formula is C18H27NO2. The number of nitrogens with two attached hydrogens (primary N) is 1. The van der Waals surface area contributed by atoms with Crippen LogP contribution < -0.4 is 5.73 Å². The van der Waals surface area contributed by atoms with Crippen molar-refractivity contribution in [2.45, 2.75) is 56.7 Å². The first-order valence-corrected chi connectivity index (χ1v) is 8.17. The Morgan fingerprint density at radius 1 is 1.24 bits per heavy atom. The van der Waals surface area contributed by atoms with Crippen molar-refractivity contribution in [3.63, 3.8) is 0 Å². The fraction of sp³-hybridized carbons (Fsp3) is 0.667. The summed E-state index contributed by atoms with van der Waals surface area (Å²) in [5.74, 6) is 0. The Balaban J connectivity index is 1.97. The van der Waals surface area contributed by atoms with E-state index in [2.05, 4.69) is 24.3 Å². The van der Waals surface area contributed by atoms with E-state index in [1.54, 1.807) is 7.11 Å². The summed E-state index contributed by atoms with van der Waals surface area (Å²) in [6.45, 7) is 0.525. The van der Waals surface area contributed by atoms with Crippen LogP contribution in [-0.2, 0) is 17.6 Å². The van der Waals surface area contributed by atoms with Crippen LogP contribution in [0.25, 0.3) is 0 Å². The van der Waals surface area contributed by atoms with Crippen LogP contribution in [0.3, 0.4) is 0 Å². The summed E-state index contributed by atoms with van der Waals surface area (Å²) >= 11 is 0. The maximum absolute atomic E-state index is 11.5. The van der Waals surface area contributed by atoms with Gasteiger partial charge in [0.2, 0.25) is 0 Å². The molecular weight excluding hydrogens is 262 g/mol. The van der Waals surface area contributed by atoms with Gasteiger partial charge in [0.05, 0.1) is 11.7 Å². The molecule has 0 aromatic heterocycles. The van der Waals surface area contributed by atoms with E-state index in [0.29, 0.717) is 6.54 Å². The zero-order chi connectivity index (χ0) is 14.9. The van der Waals surface area contributed by atoms with Crippen LogP contribution in [0.2, 0.25) is 0 Å². The van der Waals surface area contributed by atoms with Gasteiger partial charge in [-0.25, -0.2) is 0 Å². The predicted molar refractivity (Wildman–Crippen MR) is 84.2 cm³/mol. The van der Waals surface area contributed by atoms with Gasteiger partial charge in [0.1, 0.15) is 0 Å². The van der Waals surface area contributed by atoms with Crippen LogP contribution in [0.15, 0.2) is 24.3 Å². The summed E-state index contributed by atoms with van der Waals surface area (Å²) in [5.41, 5.74) is 7.94. The number of fused-ring (bicyclic) bond motifs is 1. The molecule has 1 aromatic rings. The van der Waals surface area contributed by atoms with Gasteiger partial charge in [-0.05, 0) is 43.2 Å². The molecule has 116 valence electrons. The van der Waals surface area contributed by atoms with E-state index < -0.39 is 5.60 Å². The molecule has 2 aliphatic carbocycles. The molecule has 0 bridgehead atoms. The van der Waals surface area contributed by atoms with Crippen molar-refractivity contribution in [3.05, 3.63) is 35.4 Å². The van der Waals surface area contributed by atoms with E-state index in [0.717, 1.165) is 44.9 Å². The van der Waals surface area contributed by atoms with Crippen molar-refractivity contribution in [2.75, 3.05) is 13.7 Å². The van der Waals surface area contributed by atoms with Gasteiger partial charge in [-0.3, -0.25) is 0 Å². The maximum Gasteiger partial charge on any atom is 0.0979 e. The molecule has 3 nitrogen and oxygen atoms in total. The second-order valence-corrected chi connectivity index (χ2v) is 6.82. The number of aliphatic hydroxyl groups is 1. The van der Waals surface area contributed by atoms with E-state index in [1.165, 1.54) is 11.1 Å². The maximum atomic E-state index is 11.5. The molecule has 2 aliphatic rings. The lowest BCUT2D eigenvalue weighted by Crippen LogP contribution is -2.63. The Labute approximate surface area is 127 Å². The molecule has 1 saturated carbocycles. The van der Waals surface area contributed by atoms with Gasteiger partial charge < -0.3 is 15.6 Å². The number of benzene rings is 1. The van der Waals surface area contributed by atoms with Crippen molar-refractivity contribution in [1.29, 1.82) is 0 Å². The lowest BCUT2D eigenvalue weighted by Gasteiger charge is -2.54. The van der Waals surface area contributed by atoms with Crippen LogP contribution in [0.4, 0.5) is 0 Å². The van der Waals surface area contributed by atoms with Gasteiger partial charge in [-0.2, -0.15) is 0 Å². The molecule has 0 radical (unpaired) electrons. The Bertz CT molecular complexity index is 504. The van der Waals surface area contributed by atoms with Gasteiger partial charge in [0.25, 0.3) is 0 Å². The van der Waals surface area contributed by atoms with E-state index in [-0.39, 0.29) is 11.5 Å². The van der Waals surface area contributed by atoms with Crippen molar-refractivity contribution < 1.29 is 9.84 Å². The van der Waals surface area contributed by atoms with E-state index >= 15 is 0 Å². The van der Waals surface area contributed by atoms with Gasteiger partial charge in [-0.1, -0.05) is 37.1 Å². The zero-order valence-corrected chi connectivity index (χ0v) is 13.0. The number of hydrogen-bond donors (Lipinski definition) is 2. The lowest BCUT2D eigenvalue weighted by atomic mass is 9.57. The standard InChI is InChI=1S/C18H27NO2/c1-21-16-8-4-5-10-18(16,20)17(13-19)11-9-14-6-2-3-7-15(14)12-17/h2-3,6-7,16,20H,4-5,8-13,19H2,1H3. The van der Waals surface area contributed by atoms with E-state index in [1.807, 2.05) is 0 Å². The fourth-order valence-corrected chi connectivity index (χ4v) is 4.56. The van der Waals surface area contributed by atoms with E-state index in [4.69, 9.17) is 10.5 Å². The second-order valence-electron chi connectivity index (χ2n) is 6.82.